The van der Waals surface area contributed by atoms with Crippen molar-refractivity contribution in [1.82, 2.24) is 9.38 Å². The quantitative estimate of drug-likeness (QED) is 0.701. The van der Waals surface area contributed by atoms with Crippen LogP contribution in [0.1, 0.15) is 39.8 Å². The Morgan fingerprint density at radius 1 is 1.21 bits per heavy atom. The molecule has 0 bridgehead atoms. The van der Waals surface area contributed by atoms with E-state index in [9.17, 15) is 4.79 Å². The number of hydrogen-bond donors (Lipinski definition) is 1. The fourth-order valence-electron chi connectivity index (χ4n) is 2.85. The molecule has 0 unspecified atom stereocenters. The van der Waals surface area contributed by atoms with E-state index >= 15 is 0 Å². The molecule has 0 aliphatic carbocycles. The van der Waals surface area contributed by atoms with Crippen molar-refractivity contribution in [2.45, 2.75) is 34.1 Å². The third kappa shape index (κ3) is 2.96. The Kier molecular flexibility index (Phi) is 4.45. The summed E-state index contributed by atoms with van der Waals surface area (Å²) in [5.74, 6) is -0.134. The van der Waals surface area contributed by atoms with E-state index in [1.54, 1.807) is 0 Å². The summed E-state index contributed by atoms with van der Waals surface area (Å²) in [6.45, 7) is 8.02. The van der Waals surface area contributed by atoms with Gasteiger partial charge in [-0.3, -0.25) is 9.20 Å². The molecule has 0 spiro atoms. The van der Waals surface area contributed by atoms with Crippen molar-refractivity contribution < 1.29 is 4.79 Å². The molecule has 0 radical (unpaired) electrons. The lowest BCUT2D eigenvalue weighted by atomic mass is 10.1. The van der Waals surface area contributed by atoms with E-state index in [1.165, 1.54) is 0 Å². The van der Waals surface area contributed by atoms with Gasteiger partial charge in [0.05, 0.1) is 5.69 Å². The summed E-state index contributed by atoms with van der Waals surface area (Å²) in [7, 11) is 0. The summed E-state index contributed by atoms with van der Waals surface area (Å²) in [5.41, 5.74) is 6.24. The maximum atomic E-state index is 13.0. The first-order valence-electron chi connectivity index (χ1n) is 7.96. The van der Waals surface area contributed by atoms with Crippen LogP contribution in [-0.4, -0.2) is 15.3 Å². The van der Waals surface area contributed by atoms with Gasteiger partial charge in [0, 0.05) is 16.4 Å². The Hall–Kier alpha value is -2.14. The van der Waals surface area contributed by atoms with E-state index in [-0.39, 0.29) is 5.91 Å². The zero-order valence-electron chi connectivity index (χ0n) is 14.3. The lowest BCUT2D eigenvalue weighted by Gasteiger charge is -2.10. The Labute approximate surface area is 150 Å². The van der Waals surface area contributed by atoms with E-state index in [2.05, 4.69) is 26.2 Å². The molecule has 1 N–H and O–H groups in total. The molecule has 0 saturated heterocycles. The van der Waals surface area contributed by atoms with Crippen LogP contribution < -0.4 is 5.32 Å². The first-order chi connectivity index (χ1) is 11.4. The number of amides is 1. The molecule has 0 saturated carbocycles. The second-order valence-electron chi connectivity index (χ2n) is 6.07. The number of halogens is 1. The molecule has 0 fully saturated rings. The fourth-order valence-corrected chi connectivity index (χ4v) is 3.40. The van der Waals surface area contributed by atoms with Crippen LogP contribution in [0.5, 0.6) is 0 Å². The fraction of sp³-hybridized carbons (Fsp3) is 0.263. The highest BCUT2D eigenvalue weighted by Gasteiger charge is 2.20. The molecule has 2 aromatic heterocycles. The molecular formula is C19H20BrN3O. The maximum absolute atomic E-state index is 13.0. The van der Waals surface area contributed by atoms with Crippen molar-refractivity contribution in [2.75, 3.05) is 5.32 Å². The minimum atomic E-state index is -0.134. The molecule has 5 heteroatoms. The SMILES string of the molecule is CCc1nc2c(C)cc(Br)cn2c1C(=O)Nc1cc(C)ccc1C. The maximum Gasteiger partial charge on any atom is 0.274 e. The summed E-state index contributed by atoms with van der Waals surface area (Å²) in [4.78, 5) is 17.6. The average Bonchev–Trinajstić information content (AvgIpc) is 2.89. The van der Waals surface area contributed by atoms with E-state index in [1.807, 2.05) is 62.6 Å². The van der Waals surface area contributed by atoms with Gasteiger partial charge in [0.2, 0.25) is 0 Å². The summed E-state index contributed by atoms with van der Waals surface area (Å²) < 4.78 is 2.80. The van der Waals surface area contributed by atoms with Crippen molar-refractivity contribution in [3.63, 3.8) is 0 Å². The van der Waals surface area contributed by atoms with Gasteiger partial charge >= 0.3 is 0 Å². The summed E-state index contributed by atoms with van der Waals surface area (Å²) >= 11 is 3.51. The number of carbonyl (C=O) groups is 1. The van der Waals surface area contributed by atoms with Crippen molar-refractivity contribution in [2.24, 2.45) is 0 Å². The number of nitrogens with zero attached hydrogens (tertiary/aromatic N) is 2. The second-order valence-corrected chi connectivity index (χ2v) is 6.98. The number of aryl methyl sites for hydroxylation is 4. The smallest absolute Gasteiger partial charge is 0.274 e. The van der Waals surface area contributed by atoms with Crippen molar-refractivity contribution in [1.29, 1.82) is 0 Å². The summed E-state index contributed by atoms with van der Waals surface area (Å²) in [5, 5.41) is 3.04. The monoisotopic (exact) mass is 385 g/mol. The number of rotatable bonds is 3. The zero-order valence-corrected chi connectivity index (χ0v) is 15.9. The van der Waals surface area contributed by atoms with Crippen molar-refractivity contribution in [3.8, 4) is 0 Å². The number of fused-ring (bicyclic) bond motifs is 1. The lowest BCUT2D eigenvalue weighted by Crippen LogP contribution is -2.17. The van der Waals surface area contributed by atoms with Crippen LogP contribution in [0, 0.1) is 20.8 Å². The van der Waals surface area contributed by atoms with Crippen LogP contribution in [0.4, 0.5) is 5.69 Å². The topological polar surface area (TPSA) is 46.4 Å². The Morgan fingerprint density at radius 3 is 2.67 bits per heavy atom. The second kappa shape index (κ2) is 6.40. The highest BCUT2D eigenvalue weighted by molar-refractivity contribution is 9.10. The van der Waals surface area contributed by atoms with E-state index in [0.29, 0.717) is 12.1 Å². The van der Waals surface area contributed by atoms with Crippen LogP contribution in [0.15, 0.2) is 34.9 Å². The summed E-state index contributed by atoms with van der Waals surface area (Å²) in [6.07, 6.45) is 2.60. The molecule has 3 aromatic rings. The Morgan fingerprint density at radius 2 is 1.96 bits per heavy atom. The minimum Gasteiger partial charge on any atom is -0.320 e. The van der Waals surface area contributed by atoms with Gasteiger partial charge in [-0.2, -0.15) is 0 Å². The van der Waals surface area contributed by atoms with Crippen molar-refractivity contribution >= 4 is 33.2 Å². The molecule has 0 aliphatic heterocycles. The van der Waals surface area contributed by atoms with Crippen molar-refractivity contribution in [3.05, 3.63) is 63.0 Å². The minimum absolute atomic E-state index is 0.134. The highest BCUT2D eigenvalue weighted by Crippen LogP contribution is 2.23. The van der Waals surface area contributed by atoms with Gasteiger partial charge in [0.15, 0.2) is 0 Å². The lowest BCUT2D eigenvalue weighted by molar-refractivity contribution is 0.102. The van der Waals surface area contributed by atoms with Gasteiger partial charge in [-0.1, -0.05) is 19.1 Å². The van der Waals surface area contributed by atoms with Gasteiger partial charge in [-0.25, -0.2) is 4.98 Å². The number of pyridine rings is 1. The number of imidazole rings is 1. The summed E-state index contributed by atoms with van der Waals surface area (Å²) in [6, 6.07) is 8.05. The number of anilines is 1. The average molecular weight is 386 g/mol. The van der Waals surface area contributed by atoms with E-state index in [4.69, 9.17) is 0 Å². The van der Waals surface area contributed by atoms with Crippen LogP contribution in [0.25, 0.3) is 5.65 Å². The number of nitrogens with one attached hydrogen (secondary N) is 1. The molecular weight excluding hydrogens is 366 g/mol. The molecule has 4 nitrogen and oxygen atoms in total. The predicted molar refractivity (Wildman–Crippen MR) is 101 cm³/mol. The van der Waals surface area contributed by atoms with Crippen LogP contribution in [-0.2, 0) is 6.42 Å². The number of aromatic nitrogens is 2. The molecule has 0 atom stereocenters. The third-order valence-electron chi connectivity index (χ3n) is 4.13. The first-order valence-corrected chi connectivity index (χ1v) is 8.75. The normalized spacial score (nSPS) is 11.0. The van der Waals surface area contributed by atoms with Gasteiger partial charge in [0.25, 0.3) is 5.91 Å². The Bertz CT molecular complexity index is 943. The first kappa shape index (κ1) is 16.7. The number of benzene rings is 1. The van der Waals surface area contributed by atoms with E-state index < -0.39 is 0 Å². The molecule has 0 aliphatic rings. The third-order valence-corrected chi connectivity index (χ3v) is 4.57. The Balaban J connectivity index is 2.11. The van der Waals surface area contributed by atoms with Gasteiger partial charge < -0.3 is 5.32 Å². The van der Waals surface area contributed by atoms with Crippen LogP contribution in [0.3, 0.4) is 0 Å². The molecule has 24 heavy (non-hydrogen) atoms. The van der Waals surface area contributed by atoms with Crippen LogP contribution in [0.2, 0.25) is 0 Å². The predicted octanol–water partition coefficient (Wildman–Crippen LogP) is 4.84. The zero-order chi connectivity index (χ0) is 17.4. The molecule has 124 valence electrons. The molecule has 1 aromatic carbocycles. The number of hydrogen-bond acceptors (Lipinski definition) is 2. The standard InChI is InChI=1S/C19H20BrN3O/c1-5-15-17(23-10-14(20)9-13(4)18(23)21-15)19(24)22-16-8-11(2)6-7-12(16)3/h6-10H,5H2,1-4H3,(H,22,24). The largest absolute Gasteiger partial charge is 0.320 e. The molecule has 1 amide bonds. The highest BCUT2D eigenvalue weighted by atomic mass is 79.9. The van der Waals surface area contributed by atoms with E-state index in [0.717, 1.165) is 38.2 Å². The van der Waals surface area contributed by atoms with Gasteiger partial charge in [-0.15, -0.1) is 0 Å². The molecule has 3 rings (SSSR count). The number of carbonyl (C=O) groups excluding carboxylic acids is 1. The van der Waals surface area contributed by atoms with Crippen LogP contribution >= 0.6 is 15.9 Å². The van der Waals surface area contributed by atoms with Gasteiger partial charge in [0.1, 0.15) is 11.3 Å². The van der Waals surface area contributed by atoms with Gasteiger partial charge in [-0.05, 0) is 71.9 Å². The molecule has 2 heterocycles.